The first kappa shape index (κ1) is 28.3. The van der Waals surface area contributed by atoms with Gasteiger partial charge in [-0.1, -0.05) is 87.7 Å². The monoisotopic (exact) mass is 530 g/mol. The van der Waals surface area contributed by atoms with Crippen LogP contribution in [0.2, 0.25) is 0 Å². The number of carbonyl (C=O) groups is 2. The predicted molar refractivity (Wildman–Crippen MR) is 152 cm³/mol. The van der Waals surface area contributed by atoms with Crippen LogP contribution in [-0.4, -0.2) is 35.4 Å². The standard InChI is InChI=1S/C33H39FN2O3/c1-24(2)27-15-19-30(20-16-27)39-23-32(37)36(22-26-13-17-28(34)18-14-26)31(21-25-9-5-3-6-10-25)33(38)35-29-11-7-4-8-12-29/h3,5-6,9-10,13-20,24,29,31H,4,7-8,11-12,21-23H2,1-2H3,(H,35,38)/t31-/m1/s1. The van der Waals surface area contributed by atoms with Gasteiger partial charge < -0.3 is 15.0 Å². The highest BCUT2D eigenvalue weighted by Gasteiger charge is 2.32. The fourth-order valence-corrected chi connectivity index (χ4v) is 5.06. The number of ether oxygens (including phenoxy) is 1. The van der Waals surface area contributed by atoms with Gasteiger partial charge in [0.2, 0.25) is 5.91 Å². The van der Waals surface area contributed by atoms with Crippen LogP contribution in [-0.2, 0) is 22.6 Å². The Labute approximate surface area is 231 Å². The number of benzene rings is 3. The van der Waals surface area contributed by atoms with Crippen molar-refractivity contribution in [3.05, 3.63) is 101 Å². The van der Waals surface area contributed by atoms with E-state index in [-0.39, 0.29) is 36.8 Å². The zero-order chi connectivity index (χ0) is 27.6. The van der Waals surface area contributed by atoms with E-state index < -0.39 is 6.04 Å². The third-order valence-corrected chi connectivity index (χ3v) is 7.40. The van der Waals surface area contributed by atoms with Crippen LogP contribution in [0.3, 0.4) is 0 Å². The number of hydrogen-bond donors (Lipinski definition) is 1. The van der Waals surface area contributed by atoms with E-state index in [9.17, 15) is 14.0 Å². The second kappa shape index (κ2) is 13.9. The summed E-state index contributed by atoms with van der Waals surface area (Å²) in [5.74, 6) is 0.184. The molecule has 0 bridgehead atoms. The lowest BCUT2D eigenvalue weighted by Gasteiger charge is -2.33. The summed E-state index contributed by atoms with van der Waals surface area (Å²) < 4.78 is 19.5. The molecule has 1 N–H and O–H groups in total. The minimum Gasteiger partial charge on any atom is -0.484 e. The Morgan fingerprint density at radius 3 is 2.21 bits per heavy atom. The number of amides is 2. The second-order valence-electron chi connectivity index (χ2n) is 10.7. The minimum atomic E-state index is -0.737. The summed E-state index contributed by atoms with van der Waals surface area (Å²) in [4.78, 5) is 29.1. The van der Waals surface area contributed by atoms with Crippen molar-refractivity contribution in [2.24, 2.45) is 0 Å². The SMILES string of the molecule is CC(C)c1ccc(OCC(=O)N(Cc2ccc(F)cc2)[C@H](Cc2ccccc2)C(=O)NC2CCCCC2)cc1. The number of hydrogen-bond acceptors (Lipinski definition) is 3. The zero-order valence-electron chi connectivity index (χ0n) is 22.9. The summed E-state index contributed by atoms with van der Waals surface area (Å²) in [7, 11) is 0. The van der Waals surface area contributed by atoms with Crippen molar-refractivity contribution in [2.45, 2.75) is 76.9 Å². The lowest BCUT2D eigenvalue weighted by Crippen LogP contribution is -2.53. The molecule has 3 aromatic rings. The molecule has 0 saturated heterocycles. The fraction of sp³-hybridized carbons (Fsp3) is 0.394. The van der Waals surface area contributed by atoms with Gasteiger partial charge in [0.1, 0.15) is 17.6 Å². The van der Waals surface area contributed by atoms with E-state index in [1.54, 1.807) is 17.0 Å². The van der Waals surface area contributed by atoms with Crippen LogP contribution >= 0.6 is 0 Å². The number of rotatable bonds is 11. The number of carbonyl (C=O) groups excluding carboxylic acids is 2. The Morgan fingerprint density at radius 1 is 0.897 bits per heavy atom. The second-order valence-corrected chi connectivity index (χ2v) is 10.7. The molecule has 0 spiro atoms. The van der Waals surface area contributed by atoms with E-state index >= 15 is 0 Å². The van der Waals surface area contributed by atoms with E-state index in [2.05, 4.69) is 19.2 Å². The molecule has 39 heavy (non-hydrogen) atoms. The fourth-order valence-electron chi connectivity index (χ4n) is 5.06. The Bertz CT molecular complexity index is 1190. The first-order chi connectivity index (χ1) is 18.9. The summed E-state index contributed by atoms with van der Waals surface area (Å²) in [6.07, 6.45) is 5.64. The summed E-state index contributed by atoms with van der Waals surface area (Å²) in [6, 6.07) is 22.9. The molecule has 0 unspecified atom stereocenters. The molecule has 1 aliphatic rings. The van der Waals surface area contributed by atoms with E-state index in [1.807, 2.05) is 54.6 Å². The molecule has 0 heterocycles. The summed E-state index contributed by atoms with van der Waals surface area (Å²) in [5, 5.41) is 3.23. The maximum atomic E-state index is 13.8. The highest BCUT2D eigenvalue weighted by Crippen LogP contribution is 2.21. The molecule has 0 aromatic heterocycles. The predicted octanol–water partition coefficient (Wildman–Crippen LogP) is 6.42. The molecule has 4 rings (SSSR count). The normalized spacial score (nSPS) is 14.6. The molecule has 0 aliphatic heterocycles. The maximum absolute atomic E-state index is 13.8. The molecule has 1 fully saturated rings. The molecule has 3 aromatic carbocycles. The van der Waals surface area contributed by atoms with E-state index in [4.69, 9.17) is 4.74 Å². The average Bonchev–Trinajstić information content (AvgIpc) is 2.96. The Morgan fingerprint density at radius 2 is 1.56 bits per heavy atom. The first-order valence-electron chi connectivity index (χ1n) is 14.0. The van der Waals surface area contributed by atoms with Gasteiger partial charge in [-0.3, -0.25) is 9.59 Å². The molecule has 0 radical (unpaired) electrons. The number of halogens is 1. The average molecular weight is 531 g/mol. The Balaban J connectivity index is 1.58. The van der Waals surface area contributed by atoms with Crippen LogP contribution < -0.4 is 10.1 Å². The molecule has 2 amide bonds. The van der Waals surface area contributed by atoms with Crippen molar-refractivity contribution in [3.63, 3.8) is 0 Å². The van der Waals surface area contributed by atoms with E-state index in [1.165, 1.54) is 24.1 Å². The van der Waals surface area contributed by atoms with Gasteiger partial charge in [0.05, 0.1) is 0 Å². The van der Waals surface area contributed by atoms with Crippen molar-refractivity contribution >= 4 is 11.8 Å². The topological polar surface area (TPSA) is 58.6 Å². The van der Waals surface area contributed by atoms with Crippen molar-refractivity contribution in [3.8, 4) is 5.75 Å². The smallest absolute Gasteiger partial charge is 0.261 e. The van der Waals surface area contributed by atoms with Crippen molar-refractivity contribution in [2.75, 3.05) is 6.61 Å². The molecule has 1 aliphatic carbocycles. The molecule has 6 heteroatoms. The Hall–Kier alpha value is -3.67. The maximum Gasteiger partial charge on any atom is 0.261 e. The molecule has 1 atom stereocenters. The van der Waals surface area contributed by atoms with Crippen molar-refractivity contribution in [1.82, 2.24) is 10.2 Å². The van der Waals surface area contributed by atoms with Gasteiger partial charge in [0.15, 0.2) is 6.61 Å². The van der Waals surface area contributed by atoms with Crippen LogP contribution in [0.1, 0.15) is 68.6 Å². The van der Waals surface area contributed by atoms with Crippen molar-refractivity contribution < 1.29 is 18.7 Å². The zero-order valence-corrected chi connectivity index (χ0v) is 22.9. The summed E-state index contributed by atoms with van der Waals surface area (Å²) in [6.45, 7) is 4.21. The van der Waals surface area contributed by atoms with Crippen LogP contribution in [0.4, 0.5) is 4.39 Å². The van der Waals surface area contributed by atoms with Crippen LogP contribution in [0.15, 0.2) is 78.9 Å². The van der Waals surface area contributed by atoms with E-state index in [0.717, 1.165) is 36.8 Å². The first-order valence-corrected chi connectivity index (χ1v) is 14.0. The lowest BCUT2D eigenvalue weighted by molar-refractivity contribution is -0.143. The molecule has 5 nitrogen and oxygen atoms in total. The highest BCUT2D eigenvalue weighted by molar-refractivity contribution is 5.88. The highest BCUT2D eigenvalue weighted by atomic mass is 19.1. The number of nitrogens with zero attached hydrogens (tertiary/aromatic N) is 1. The van der Waals surface area contributed by atoms with E-state index in [0.29, 0.717) is 18.1 Å². The molecular weight excluding hydrogens is 491 g/mol. The summed E-state index contributed by atoms with van der Waals surface area (Å²) >= 11 is 0. The van der Waals surface area contributed by atoms with Crippen LogP contribution in [0.5, 0.6) is 5.75 Å². The third-order valence-electron chi connectivity index (χ3n) is 7.40. The molecule has 206 valence electrons. The quantitative estimate of drug-likeness (QED) is 0.311. The van der Waals surface area contributed by atoms with Crippen molar-refractivity contribution in [1.29, 1.82) is 0 Å². The van der Waals surface area contributed by atoms with Crippen LogP contribution in [0, 0.1) is 5.82 Å². The summed E-state index contributed by atoms with van der Waals surface area (Å²) in [5.41, 5.74) is 2.90. The van der Waals surface area contributed by atoms with Gasteiger partial charge in [-0.25, -0.2) is 4.39 Å². The van der Waals surface area contributed by atoms with Gasteiger partial charge in [0.25, 0.3) is 5.91 Å². The van der Waals surface area contributed by atoms with Gasteiger partial charge in [0, 0.05) is 19.0 Å². The number of nitrogens with one attached hydrogen (secondary N) is 1. The van der Waals surface area contributed by atoms with Gasteiger partial charge in [-0.05, 0) is 59.7 Å². The largest absolute Gasteiger partial charge is 0.484 e. The van der Waals surface area contributed by atoms with Crippen LogP contribution in [0.25, 0.3) is 0 Å². The minimum absolute atomic E-state index is 0.114. The van der Waals surface area contributed by atoms with Gasteiger partial charge in [-0.2, -0.15) is 0 Å². The lowest BCUT2D eigenvalue weighted by atomic mass is 9.94. The molecule has 1 saturated carbocycles. The molecular formula is C33H39FN2O3. The van der Waals surface area contributed by atoms with Gasteiger partial charge in [-0.15, -0.1) is 0 Å². The van der Waals surface area contributed by atoms with Gasteiger partial charge >= 0.3 is 0 Å². The third kappa shape index (κ3) is 8.41. The Kier molecular flexibility index (Phi) is 10.1.